The Kier molecular flexibility index (Phi) is 4.99. The van der Waals surface area contributed by atoms with Crippen LogP contribution in [0.2, 0.25) is 5.02 Å². The molecule has 0 bridgehead atoms. The van der Waals surface area contributed by atoms with Crippen molar-refractivity contribution in [2.24, 2.45) is 0 Å². The lowest BCUT2D eigenvalue weighted by Crippen LogP contribution is -2.42. The van der Waals surface area contributed by atoms with Gasteiger partial charge in [0, 0.05) is 18.1 Å². The van der Waals surface area contributed by atoms with Gasteiger partial charge in [0.1, 0.15) is 0 Å². The van der Waals surface area contributed by atoms with Crippen LogP contribution in [0.15, 0.2) is 58.5 Å². The molecule has 1 aliphatic heterocycles. The summed E-state index contributed by atoms with van der Waals surface area (Å²) in [7, 11) is -3.68. The van der Waals surface area contributed by atoms with Crippen LogP contribution in [-0.4, -0.2) is 35.4 Å². The second kappa shape index (κ2) is 7.31. The molecule has 0 amide bonds. The number of hydrogen-bond acceptors (Lipinski definition) is 4. The van der Waals surface area contributed by atoms with Gasteiger partial charge in [0.05, 0.1) is 28.2 Å². The standard InChI is InChI=1S/C20H20ClN3O3S/c1-14-8-9-16(11-18(14)21)28(26,27)23-10-4-5-15(12-23)24-13-22-19-7-3-2-6-17(19)20(24)25/h2-3,6-9,11,13,15H,4-5,10,12H2,1H3/t15-/m0/s1. The number of aromatic nitrogens is 2. The van der Waals surface area contributed by atoms with Crippen molar-refractivity contribution in [3.63, 3.8) is 0 Å². The third-order valence-corrected chi connectivity index (χ3v) is 7.49. The normalized spacial score (nSPS) is 18.4. The minimum absolute atomic E-state index is 0.145. The molecular formula is C20H20ClN3O3S. The number of aryl methyl sites for hydroxylation is 1. The van der Waals surface area contributed by atoms with Gasteiger partial charge in [-0.3, -0.25) is 9.36 Å². The highest BCUT2D eigenvalue weighted by atomic mass is 35.5. The smallest absolute Gasteiger partial charge is 0.261 e. The molecule has 0 N–H and O–H groups in total. The van der Waals surface area contributed by atoms with Crippen molar-refractivity contribution in [2.75, 3.05) is 13.1 Å². The van der Waals surface area contributed by atoms with Crippen LogP contribution in [0, 0.1) is 6.92 Å². The number of rotatable bonds is 3. The number of nitrogens with zero attached hydrogens (tertiary/aromatic N) is 3. The number of sulfonamides is 1. The third-order valence-electron chi connectivity index (χ3n) is 5.22. The van der Waals surface area contributed by atoms with Crippen molar-refractivity contribution < 1.29 is 8.42 Å². The maximum absolute atomic E-state index is 13.1. The fraction of sp³-hybridized carbons (Fsp3) is 0.300. The highest BCUT2D eigenvalue weighted by Gasteiger charge is 2.31. The molecule has 1 fully saturated rings. The first-order valence-corrected chi connectivity index (χ1v) is 10.9. The summed E-state index contributed by atoms with van der Waals surface area (Å²) in [6.45, 7) is 2.47. The average Bonchev–Trinajstić information content (AvgIpc) is 2.70. The molecule has 0 spiro atoms. The van der Waals surface area contributed by atoms with Crippen LogP contribution in [0.1, 0.15) is 24.4 Å². The summed E-state index contributed by atoms with van der Waals surface area (Å²) in [5.74, 6) is 0. The van der Waals surface area contributed by atoms with Gasteiger partial charge in [0.25, 0.3) is 5.56 Å². The van der Waals surface area contributed by atoms with Crippen molar-refractivity contribution in [2.45, 2.75) is 30.7 Å². The summed E-state index contributed by atoms with van der Waals surface area (Å²) < 4.78 is 29.2. The summed E-state index contributed by atoms with van der Waals surface area (Å²) in [4.78, 5) is 17.4. The molecule has 3 aromatic rings. The summed E-state index contributed by atoms with van der Waals surface area (Å²) in [5, 5.41) is 0.958. The Hall–Kier alpha value is -2.22. The van der Waals surface area contributed by atoms with Crippen molar-refractivity contribution in [3.8, 4) is 0 Å². The molecule has 1 aromatic heterocycles. The van der Waals surface area contributed by atoms with Crippen LogP contribution >= 0.6 is 11.6 Å². The average molecular weight is 418 g/mol. The van der Waals surface area contributed by atoms with Crippen molar-refractivity contribution in [3.05, 3.63) is 69.7 Å². The first-order valence-electron chi connectivity index (χ1n) is 9.10. The maximum atomic E-state index is 13.1. The van der Waals surface area contributed by atoms with E-state index in [4.69, 9.17) is 11.6 Å². The Bertz CT molecular complexity index is 1210. The number of hydrogen-bond donors (Lipinski definition) is 0. The second-order valence-corrected chi connectivity index (χ2v) is 9.39. The molecule has 0 unspecified atom stereocenters. The summed E-state index contributed by atoms with van der Waals surface area (Å²) >= 11 is 6.12. The first-order chi connectivity index (χ1) is 13.4. The van der Waals surface area contributed by atoms with E-state index >= 15 is 0 Å². The molecule has 0 aliphatic carbocycles. The minimum Gasteiger partial charge on any atom is -0.294 e. The van der Waals surface area contributed by atoms with E-state index in [1.54, 1.807) is 34.9 Å². The zero-order valence-electron chi connectivity index (χ0n) is 15.4. The first kappa shape index (κ1) is 19.1. The zero-order valence-corrected chi connectivity index (χ0v) is 16.9. The Labute approximate surface area is 168 Å². The lowest BCUT2D eigenvalue weighted by atomic mass is 10.1. The molecule has 0 radical (unpaired) electrons. The fourth-order valence-electron chi connectivity index (χ4n) is 3.59. The Morgan fingerprint density at radius 2 is 1.96 bits per heavy atom. The van der Waals surface area contributed by atoms with Gasteiger partial charge >= 0.3 is 0 Å². The summed E-state index contributed by atoms with van der Waals surface area (Å²) in [6.07, 6.45) is 2.91. The predicted molar refractivity (Wildman–Crippen MR) is 109 cm³/mol. The lowest BCUT2D eigenvalue weighted by Gasteiger charge is -2.32. The van der Waals surface area contributed by atoms with Crippen molar-refractivity contribution in [1.82, 2.24) is 13.9 Å². The van der Waals surface area contributed by atoms with Gasteiger partial charge in [-0.05, 0) is 49.6 Å². The molecule has 2 aromatic carbocycles. The second-order valence-electron chi connectivity index (χ2n) is 7.04. The van der Waals surface area contributed by atoms with E-state index in [9.17, 15) is 13.2 Å². The molecule has 146 valence electrons. The van der Waals surface area contributed by atoms with Gasteiger partial charge in [-0.25, -0.2) is 13.4 Å². The molecule has 1 aliphatic rings. The Morgan fingerprint density at radius 3 is 2.75 bits per heavy atom. The van der Waals surface area contributed by atoms with E-state index in [0.717, 1.165) is 12.0 Å². The topological polar surface area (TPSA) is 72.3 Å². The molecule has 1 saturated heterocycles. The largest absolute Gasteiger partial charge is 0.294 e. The third kappa shape index (κ3) is 3.34. The molecule has 28 heavy (non-hydrogen) atoms. The molecule has 1 atom stereocenters. The molecule has 6 nitrogen and oxygen atoms in total. The van der Waals surface area contributed by atoms with Gasteiger partial charge in [0.15, 0.2) is 0 Å². The highest BCUT2D eigenvalue weighted by Crippen LogP contribution is 2.28. The Balaban J connectivity index is 1.67. The van der Waals surface area contributed by atoms with Crippen LogP contribution in [0.5, 0.6) is 0 Å². The van der Waals surface area contributed by atoms with Gasteiger partial charge in [-0.1, -0.05) is 29.8 Å². The van der Waals surface area contributed by atoms with Crippen LogP contribution in [0.4, 0.5) is 0 Å². The molecule has 8 heteroatoms. The van der Waals surface area contributed by atoms with Crippen LogP contribution < -0.4 is 5.56 Å². The lowest BCUT2D eigenvalue weighted by molar-refractivity contribution is 0.262. The van der Waals surface area contributed by atoms with Crippen molar-refractivity contribution in [1.29, 1.82) is 0 Å². The minimum atomic E-state index is -3.68. The van der Waals surface area contributed by atoms with Crippen LogP contribution in [0.3, 0.4) is 0 Å². The number of piperidine rings is 1. The summed E-state index contributed by atoms with van der Waals surface area (Å²) in [5.41, 5.74) is 1.32. The number of halogens is 1. The van der Waals surface area contributed by atoms with Gasteiger partial charge in [0.2, 0.25) is 10.0 Å². The predicted octanol–water partition coefficient (Wildman–Crippen LogP) is 3.38. The number of para-hydroxylation sites is 1. The van der Waals surface area contributed by atoms with E-state index in [2.05, 4.69) is 4.98 Å². The van der Waals surface area contributed by atoms with E-state index in [1.165, 1.54) is 16.7 Å². The monoisotopic (exact) mass is 417 g/mol. The van der Waals surface area contributed by atoms with E-state index in [0.29, 0.717) is 28.9 Å². The maximum Gasteiger partial charge on any atom is 0.261 e. The van der Waals surface area contributed by atoms with Gasteiger partial charge < -0.3 is 0 Å². The molecule has 2 heterocycles. The molecule has 0 saturated carbocycles. The molecular weight excluding hydrogens is 398 g/mol. The fourth-order valence-corrected chi connectivity index (χ4v) is 5.38. The van der Waals surface area contributed by atoms with E-state index < -0.39 is 10.0 Å². The van der Waals surface area contributed by atoms with Gasteiger partial charge in [-0.15, -0.1) is 0 Å². The van der Waals surface area contributed by atoms with Crippen molar-refractivity contribution >= 4 is 32.5 Å². The van der Waals surface area contributed by atoms with E-state index in [-0.39, 0.29) is 23.0 Å². The Morgan fingerprint density at radius 1 is 1.18 bits per heavy atom. The van der Waals surface area contributed by atoms with Gasteiger partial charge in [-0.2, -0.15) is 4.31 Å². The van der Waals surface area contributed by atoms with E-state index in [1.807, 2.05) is 13.0 Å². The quantitative estimate of drug-likeness (QED) is 0.654. The number of benzene rings is 2. The molecule has 4 rings (SSSR count). The van der Waals surface area contributed by atoms with Crippen LogP contribution in [0.25, 0.3) is 10.9 Å². The highest BCUT2D eigenvalue weighted by molar-refractivity contribution is 7.89. The summed E-state index contributed by atoms with van der Waals surface area (Å²) in [6, 6.07) is 11.7. The van der Waals surface area contributed by atoms with Crippen LogP contribution in [-0.2, 0) is 10.0 Å². The zero-order chi connectivity index (χ0) is 19.9. The number of fused-ring (bicyclic) bond motifs is 1. The SMILES string of the molecule is Cc1ccc(S(=O)(=O)N2CCC[C@H](n3cnc4ccccc4c3=O)C2)cc1Cl.